The molecule has 29 heavy (non-hydrogen) atoms. The molecular formula is C17H16Cl2N4O5S. The molecule has 0 amide bonds. The third-order valence-electron chi connectivity index (χ3n) is 4.12. The molecule has 0 atom stereocenters. The van der Waals surface area contributed by atoms with Gasteiger partial charge >= 0.3 is 0 Å². The van der Waals surface area contributed by atoms with Gasteiger partial charge in [0.25, 0.3) is 5.69 Å². The molecule has 9 nitrogen and oxygen atoms in total. The summed E-state index contributed by atoms with van der Waals surface area (Å²) >= 11 is 11.8. The lowest BCUT2D eigenvalue weighted by atomic mass is 10.2. The van der Waals surface area contributed by atoms with E-state index in [9.17, 15) is 18.5 Å². The van der Waals surface area contributed by atoms with E-state index < -0.39 is 20.6 Å². The van der Waals surface area contributed by atoms with Crippen LogP contribution >= 0.6 is 23.2 Å². The maximum Gasteiger partial charge on any atom is 0.295 e. The average Bonchev–Trinajstić information content (AvgIpc) is 2.71. The second-order valence-electron chi connectivity index (χ2n) is 6.00. The molecular weight excluding hydrogens is 443 g/mol. The molecule has 1 aliphatic rings. The second kappa shape index (κ2) is 9.06. The summed E-state index contributed by atoms with van der Waals surface area (Å²) in [6.07, 6.45) is 1.41. The summed E-state index contributed by atoms with van der Waals surface area (Å²) in [5.41, 5.74) is 2.82. The Hall–Kier alpha value is -2.24. The van der Waals surface area contributed by atoms with Crippen LogP contribution in [0.1, 0.15) is 5.56 Å². The Kier molecular flexibility index (Phi) is 6.70. The van der Waals surface area contributed by atoms with E-state index in [0.29, 0.717) is 15.6 Å². The SMILES string of the molecule is O=[N+]([O-])c1cc(S(=O)(=O)N2CCOCC2)ccc1N/N=C\c1ccc(Cl)c(Cl)c1. The number of ether oxygens (including phenoxy) is 1. The second-order valence-corrected chi connectivity index (χ2v) is 8.75. The number of sulfonamides is 1. The van der Waals surface area contributed by atoms with Crippen LogP contribution in [0.25, 0.3) is 0 Å². The average molecular weight is 459 g/mol. The van der Waals surface area contributed by atoms with E-state index in [1.54, 1.807) is 18.2 Å². The molecule has 1 saturated heterocycles. The van der Waals surface area contributed by atoms with Crippen molar-refractivity contribution in [2.45, 2.75) is 4.90 Å². The zero-order valence-electron chi connectivity index (χ0n) is 14.9. The smallest absolute Gasteiger partial charge is 0.295 e. The van der Waals surface area contributed by atoms with Gasteiger partial charge in [0.05, 0.1) is 39.3 Å². The minimum atomic E-state index is -3.85. The Labute approximate surface area is 177 Å². The molecule has 0 saturated carbocycles. The largest absolute Gasteiger partial charge is 0.379 e. The van der Waals surface area contributed by atoms with Crippen LogP contribution in [0.4, 0.5) is 11.4 Å². The van der Waals surface area contributed by atoms with Gasteiger partial charge in [-0.15, -0.1) is 0 Å². The fourth-order valence-electron chi connectivity index (χ4n) is 2.62. The minimum absolute atomic E-state index is 0.0484. The third kappa shape index (κ3) is 5.03. The molecule has 0 radical (unpaired) electrons. The van der Waals surface area contributed by atoms with Crippen molar-refractivity contribution in [2.75, 3.05) is 31.7 Å². The number of anilines is 1. The molecule has 0 aliphatic carbocycles. The molecule has 1 N–H and O–H groups in total. The first-order valence-electron chi connectivity index (χ1n) is 8.39. The lowest BCUT2D eigenvalue weighted by molar-refractivity contribution is -0.384. The highest BCUT2D eigenvalue weighted by atomic mass is 35.5. The van der Waals surface area contributed by atoms with Gasteiger partial charge in [-0.1, -0.05) is 29.3 Å². The van der Waals surface area contributed by atoms with E-state index in [0.717, 1.165) is 6.07 Å². The summed E-state index contributed by atoms with van der Waals surface area (Å²) in [5, 5.41) is 16.1. The van der Waals surface area contributed by atoms with Crippen molar-refractivity contribution in [3.63, 3.8) is 0 Å². The summed E-state index contributed by atoms with van der Waals surface area (Å²) in [5.74, 6) is 0. The van der Waals surface area contributed by atoms with Gasteiger partial charge in [-0.3, -0.25) is 15.5 Å². The maximum atomic E-state index is 12.7. The van der Waals surface area contributed by atoms with Crippen LogP contribution < -0.4 is 5.43 Å². The first kappa shape index (κ1) is 21.5. The Morgan fingerprint density at radius 3 is 2.52 bits per heavy atom. The number of nitrogens with one attached hydrogen (secondary N) is 1. The fourth-order valence-corrected chi connectivity index (χ4v) is 4.36. The number of nitro benzene ring substituents is 1. The third-order valence-corrected chi connectivity index (χ3v) is 6.75. The lowest BCUT2D eigenvalue weighted by Crippen LogP contribution is -2.40. The van der Waals surface area contributed by atoms with Gasteiger partial charge in [-0.05, 0) is 29.8 Å². The van der Waals surface area contributed by atoms with Crippen molar-refractivity contribution in [1.29, 1.82) is 0 Å². The van der Waals surface area contributed by atoms with Crippen molar-refractivity contribution < 1.29 is 18.1 Å². The van der Waals surface area contributed by atoms with Gasteiger partial charge in [0.1, 0.15) is 5.69 Å². The van der Waals surface area contributed by atoms with Crippen LogP contribution in [0.2, 0.25) is 10.0 Å². The van der Waals surface area contributed by atoms with Gasteiger partial charge in [0.15, 0.2) is 0 Å². The Balaban J connectivity index is 1.83. The van der Waals surface area contributed by atoms with Crippen molar-refractivity contribution >= 4 is 50.8 Å². The van der Waals surface area contributed by atoms with E-state index in [2.05, 4.69) is 10.5 Å². The van der Waals surface area contributed by atoms with Crippen LogP contribution in [0.5, 0.6) is 0 Å². The highest BCUT2D eigenvalue weighted by Crippen LogP contribution is 2.29. The first-order valence-corrected chi connectivity index (χ1v) is 10.6. The van der Waals surface area contributed by atoms with Crippen LogP contribution in [0.3, 0.4) is 0 Å². The molecule has 2 aromatic carbocycles. The summed E-state index contributed by atoms with van der Waals surface area (Å²) < 4.78 is 31.8. The monoisotopic (exact) mass is 458 g/mol. The van der Waals surface area contributed by atoms with Gasteiger partial charge in [-0.25, -0.2) is 8.42 Å². The zero-order chi connectivity index (χ0) is 21.0. The number of hydrogen-bond donors (Lipinski definition) is 1. The molecule has 1 fully saturated rings. The van der Waals surface area contributed by atoms with Gasteiger partial charge in [0.2, 0.25) is 10.0 Å². The van der Waals surface area contributed by atoms with Crippen molar-refractivity contribution in [2.24, 2.45) is 5.10 Å². The molecule has 1 heterocycles. The Morgan fingerprint density at radius 2 is 1.86 bits per heavy atom. The number of benzene rings is 2. The van der Waals surface area contributed by atoms with E-state index in [1.165, 1.54) is 22.7 Å². The summed E-state index contributed by atoms with van der Waals surface area (Å²) in [7, 11) is -3.85. The molecule has 154 valence electrons. The van der Waals surface area contributed by atoms with E-state index >= 15 is 0 Å². The molecule has 0 aromatic heterocycles. The van der Waals surface area contributed by atoms with Crippen LogP contribution in [-0.2, 0) is 14.8 Å². The first-order chi connectivity index (χ1) is 13.8. The number of nitrogens with zero attached hydrogens (tertiary/aromatic N) is 3. The molecule has 12 heteroatoms. The predicted molar refractivity (Wildman–Crippen MR) is 110 cm³/mol. The molecule has 1 aliphatic heterocycles. The lowest BCUT2D eigenvalue weighted by Gasteiger charge is -2.26. The molecule has 0 bridgehead atoms. The van der Waals surface area contributed by atoms with Crippen LogP contribution in [0.15, 0.2) is 46.4 Å². The fraction of sp³-hybridized carbons (Fsp3) is 0.235. The predicted octanol–water partition coefficient (Wildman–Crippen LogP) is 3.37. The highest BCUT2D eigenvalue weighted by Gasteiger charge is 2.28. The Morgan fingerprint density at radius 1 is 1.14 bits per heavy atom. The normalized spacial score (nSPS) is 15.5. The number of halogens is 2. The molecule has 0 unspecified atom stereocenters. The number of hydrazone groups is 1. The molecule has 0 spiro atoms. The summed E-state index contributed by atoms with van der Waals surface area (Å²) in [4.78, 5) is 10.6. The summed E-state index contributed by atoms with van der Waals surface area (Å²) in [6, 6.07) is 8.47. The standard InChI is InChI=1S/C17H16Cl2N4O5S/c18-14-3-1-12(9-15(14)19)11-20-21-16-4-2-13(10-17(16)23(24)25)29(26,27)22-5-7-28-8-6-22/h1-4,9-11,21H,5-8H2/b20-11-. The molecule has 2 aromatic rings. The van der Waals surface area contributed by atoms with E-state index in [-0.39, 0.29) is 36.9 Å². The van der Waals surface area contributed by atoms with Gasteiger partial charge in [0, 0.05) is 19.2 Å². The zero-order valence-corrected chi connectivity index (χ0v) is 17.2. The maximum absolute atomic E-state index is 12.7. The van der Waals surface area contributed by atoms with Gasteiger partial charge in [-0.2, -0.15) is 9.41 Å². The van der Waals surface area contributed by atoms with E-state index in [4.69, 9.17) is 27.9 Å². The highest BCUT2D eigenvalue weighted by molar-refractivity contribution is 7.89. The topological polar surface area (TPSA) is 114 Å². The van der Waals surface area contributed by atoms with Crippen molar-refractivity contribution in [1.82, 2.24) is 4.31 Å². The van der Waals surface area contributed by atoms with Crippen LogP contribution in [0, 0.1) is 10.1 Å². The minimum Gasteiger partial charge on any atom is -0.379 e. The quantitative estimate of drug-likeness (QED) is 0.403. The van der Waals surface area contributed by atoms with Gasteiger partial charge < -0.3 is 4.74 Å². The van der Waals surface area contributed by atoms with Crippen LogP contribution in [-0.4, -0.2) is 50.2 Å². The number of nitro groups is 1. The number of hydrogen-bond acceptors (Lipinski definition) is 7. The summed E-state index contributed by atoms with van der Waals surface area (Å²) in [6.45, 7) is 0.961. The number of rotatable bonds is 6. The van der Waals surface area contributed by atoms with Crippen molar-refractivity contribution in [3.05, 3.63) is 62.1 Å². The van der Waals surface area contributed by atoms with Crippen molar-refractivity contribution in [3.8, 4) is 0 Å². The molecule has 3 rings (SSSR count). The van der Waals surface area contributed by atoms with E-state index in [1.807, 2.05) is 0 Å². The number of morpholine rings is 1. The Bertz CT molecular complexity index is 1060.